The molecule has 2 nitrogen and oxygen atoms in total. The van der Waals surface area contributed by atoms with Crippen LogP contribution in [0.4, 0.5) is 0 Å². The third kappa shape index (κ3) is 4.24. The van der Waals surface area contributed by atoms with E-state index >= 15 is 0 Å². The minimum atomic E-state index is 0.812. The van der Waals surface area contributed by atoms with Gasteiger partial charge in [0.2, 0.25) is 0 Å². The van der Waals surface area contributed by atoms with Crippen LogP contribution in [0.2, 0.25) is 0 Å². The van der Waals surface area contributed by atoms with Crippen molar-refractivity contribution in [3.8, 4) is 0 Å². The lowest BCUT2D eigenvalue weighted by atomic mass is 9.90. The minimum absolute atomic E-state index is 0.812. The molecule has 0 spiro atoms. The second-order valence-electron chi connectivity index (χ2n) is 6.53. The van der Waals surface area contributed by atoms with Gasteiger partial charge in [-0.15, -0.1) is 0 Å². The summed E-state index contributed by atoms with van der Waals surface area (Å²) < 4.78 is 0. The topological polar surface area (TPSA) is 15.3 Å². The van der Waals surface area contributed by atoms with Gasteiger partial charge in [-0.05, 0) is 76.9 Å². The molecule has 0 aromatic carbocycles. The van der Waals surface area contributed by atoms with Gasteiger partial charge in [0, 0.05) is 12.1 Å². The zero-order valence-electron chi connectivity index (χ0n) is 12.5. The standard InChI is InChI=1S/C16H32N2/c1-3-11-17-15-6-8-16(9-7-15)18-12-4-5-14(2)10-13-18/h14-17H,3-13H2,1-2H3. The van der Waals surface area contributed by atoms with E-state index in [1.165, 1.54) is 71.0 Å². The molecule has 2 rings (SSSR count). The van der Waals surface area contributed by atoms with Gasteiger partial charge in [-0.3, -0.25) is 0 Å². The average Bonchev–Trinajstić information content (AvgIpc) is 2.62. The van der Waals surface area contributed by atoms with Crippen LogP contribution in [0.25, 0.3) is 0 Å². The van der Waals surface area contributed by atoms with Gasteiger partial charge in [0.25, 0.3) is 0 Å². The van der Waals surface area contributed by atoms with Gasteiger partial charge < -0.3 is 10.2 Å². The van der Waals surface area contributed by atoms with Crippen molar-refractivity contribution in [1.82, 2.24) is 10.2 Å². The highest BCUT2D eigenvalue weighted by Crippen LogP contribution is 2.26. The van der Waals surface area contributed by atoms with Crippen LogP contribution in [-0.4, -0.2) is 36.6 Å². The van der Waals surface area contributed by atoms with Crippen LogP contribution in [0.5, 0.6) is 0 Å². The maximum Gasteiger partial charge on any atom is 0.00964 e. The Kier molecular flexibility index (Phi) is 5.97. The van der Waals surface area contributed by atoms with Crippen molar-refractivity contribution < 1.29 is 0 Å². The van der Waals surface area contributed by atoms with Crippen LogP contribution < -0.4 is 5.32 Å². The SMILES string of the molecule is CCCNC1CCC(N2CCCC(C)CC2)CC1. The van der Waals surface area contributed by atoms with E-state index in [2.05, 4.69) is 24.1 Å². The van der Waals surface area contributed by atoms with Crippen LogP contribution in [0.15, 0.2) is 0 Å². The molecule has 2 fully saturated rings. The van der Waals surface area contributed by atoms with Crippen LogP contribution in [0.3, 0.4) is 0 Å². The molecule has 0 radical (unpaired) electrons. The number of nitrogens with zero attached hydrogens (tertiary/aromatic N) is 1. The molecule has 106 valence electrons. The van der Waals surface area contributed by atoms with E-state index in [4.69, 9.17) is 0 Å². The molecule has 1 unspecified atom stereocenters. The van der Waals surface area contributed by atoms with Crippen LogP contribution in [0.1, 0.15) is 65.2 Å². The number of nitrogens with one attached hydrogen (secondary N) is 1. The summed E-state index contributed by atoms with van der Waals surface area (Å²) in [5.74, 6) is 0.956. The summed E-state index contributed by atoms with van der Waals surface area (Å²) in [5.41, 5.74) is 0. The number of hydrogen-bond donors (Lipinski definition) is 1. The van der Waals surface area contributed by atoms with E-state index in [-0.39, 0.29) is 0 Å². The molecule has 0 aromatic rings. The Labute approximate surface area is 114 Å². The van der Waals surface area contributed by atoms with Crippen LogP contribution in [0, 0.1) is 5.92 Å². The fourth-order valence-electron chi connectivity index (χ4n) is 3.64. The number of rotatable bonds is 4. The molecule has 1 aliphatic carbocycles. The molecule has 0 amide bonds. The largest absolute Gasteiger partial charge is 0.314 e. The lowest BCUT2D eigenvalue weighted by Gasteiger charge is -2.36. The van der Waals surface area contributed by atoms with E-state index in [9.17, 15) is 0 Å². The van der Waals surface area contributed by atoms with Gasteiger partial charge in [0.05, 0.1) is 0 Å². The Hall–Kier alpha value is -0.0800. The molecule has 0 bridgehead atoms. The van der Waals surface area contributed by atoms with Gasteiger partial charge in [-0.2, -0.15) is 0 Å². The first-order valence-electron chi connectivity index (χ1n) is 8.27. The summed E-state index contributed by atoms with van der Waals surface area (Å²) in [4.78, 5) is 2.81. The van der Waals surface area contributed by atoms with Gasteiger partial charge in [-0.1, -0.05) is 13.8 Å². The number of likely N-dealkylation sites (tertiary alicyclic amines) is 1. The lowest BCUT2D eigenvalue weighted by molar-refractivity contribution is 0.147. The summed E-state index contributed by atoms with van der Waals surface area (Å²) in [7, 11) is 0. The number of hydrogen-bond acceptors (Lipinski definition) is 2. The quantitative estimate of drug-likeness (QED) is 0.825. The predicted octanol–water partition coefficient (Wildman–Crippen LogP) is 3.42. The van der Waals surface area contributed by atoms with E-state index in [1.54, 1.807) is 0 Å². The zero-order valence-corrected chi connectivity index (χ0v) is 12.5. The minimum Gasteiger partial charge on any atom is -0.314 e. The Morgan fingerprint density at radius 1 is 1.00 bits per heavy atom. The first kappa shape index (κ1) is 14.3. The van der Waals surface area contributed by atoms with Crippen molar-refractivity contribution >= 4 is 0 Å². The predicted molar refractivity (Wildman–Crippen MR) is 78.9 cm³/mol. The van der Waals surface area contributed by atoms with Crippen LogP contribution >= 0.6 is 0 Å². The summed E-state index contributed by atoms with van der Waals surface area (Å²) in [6, 6.07) is 1.71. The molecule has 1 saturated heterocycles. The van der Waals surface area contributed by atoms with E-state index in [0.29, 0.717) is 0 Å². The summed E-state index contributed by atoms with van der Waals surface area (Å²) >= 11 is 0. The maximum absolute atomic E-state index is 3.70. The monoisotopic (exact) mass is 252 g/mol. The second kappa shape index (κ2) is 7.49. The molecule has 1 atom stereocenters. The first-order valence-corrected chi connectivity index (χ1v) is 8.27. The smallest absolute Gasteiger partial charge is 0.00964 e. The summed E-state index contributed by atoms with van der Waals surface area (Å²) in [6.45, 7) is 8.61. The zero-order chi connectivity index (χ0) is 12.8. The molecule has 0 aromatic heterocycles. The maximum atomic E-state index is 3.70. The highest BCUT2D eigenvalue weighted by Gasteiger charge is 2.26. The van der Waals surface area contributed by atoms with Crippen molar-refractivity contribution in [2.24, 2.45) is 5.92 Å². The molecule has 2 aliphatic rings. The summed E-state index contributed by atoms with van der Waals surface area (Å²) in [6.07, 6.45) is 11.2. The molecule has 18 heavy (non-hydrogen) atoms. The lowest BCUT2D eigenvalue weighted by Crippen LogP contribution is -2.43. The molecular formula is C16H32N2. The highest BCUT2D eigenvalue weighted by atomic mass is 15.2. The highest BCUT2D eigenvalue weighted by molar-refractivity contribution is 4.84. The first-order chi connectivity index (χ1) is 8.79. The Morgan fingerprint density at radius 2 is 1.78 bits per heavy atom. The molecule has 1 N–H and O–H groups in total. The van der Waals surface area contributed by atoms with Gasteiger partial charge in [-0.25, -0.2) is 0 Å². The fourth-order valence-corrected chi connectivity index (χ4v) is 3.64. The summed E-state index contributed by atoms with van der Waals surface area (Å²) in [5, 5.41) is 3.70. The third-order valence-electron chi connectivity index (χ3n) is 4.95. The third-order valence-corrected chi connectivity index (χ3v) is 4.95. The Balaban J connectivity index is 1.71. The Morgan fingerprint density at radius 3 is 2.50 bits per heavy atom. The molecule has 1 heterocycles. The van der Waals surface area contributed by atoms with E-state index in [0.717, 1.165) is 18.0 Å². The van der Waals surface area contributed by atoms with E-state index < -0.39 is 0 Å². The normalized spacial score (nSPS) is 35.3. The van der Waals surface area contributed by atoms with Crippen molar-refractivity contribution in [1.29, 1.82) is 0 Å². The fraction of sp³-hybridized carbons (Fsp3) is 1.00. The van der Waals surface area contributed by atoms with Gasteiger partial charge in [0.15, 0.2) is 0 Å². The molecular weight excluding hydrogens is 220 g/mol. The van der Waals surface area contributed by atoms with Gasteiger partial charge >= 0.3 is 0 Å². The van der Waals surface area contributed by atoms with E-state index in [1.807, 2.05) is 0 Å². The van der Waals surface area contributed by atoms with Gasteiger partial charge in [0.1, 0.15) is 0 Å². The van der Waals surface area contributed by atoms with Crippen molar-refractivity contribution in [3.63, 3.8) is 0 Å². The molecule has 1 aliphatic heterocycles. The van der Waals surface area contributed by atoms with Crippen molar-refractivity contribution in [3.05, 3.63) is 0 Å². The van der Waals surface area contributed by atoms with Crippen molar-refractivity contribution in [2.45, 2.75) is 77.3 Å². The van der Waals surface area contributed by atoms with Crippen LogP contribution in [-0.2, 0) is 0 Å². The van der Waals surface area contributed by atoms with Crippen molar-refractivity contribution in [2.75, 3.05) is 19.6 Å². The average molecular weight is 252 g/mol. The molecule has 1 saturated carbocycles. The molecule has 2 heteroatoms. The second-order valence-corrected chi connectivity index (χ2v) is 6.53. The Bertz CT molecular complexity index is 221.